The fourth-order valence-corrected chi connectivity index (χ4v) is 4.48. The Labute approximate surface area is 144 Å². The molecule has 2 saturated heterocycles. The van der Waals surface area contributed by atoms with E-state index in [1.54, 1.807) is 11.8 Å². The van der Waals surface area contributed by atoms with Crippen LogP contribution in [0.5, 0.6) is 0 Å². The van der Waals surface area contributed by atoms with E-state index in [4.69, 9.17) is 4.74 Å². The van der Waals surface area contributed by atoms with Crippen LogP contribution in [-0.2, 0) is 4.74 Å². The van der Waals surface area contributed by atoms with Gasteiger partial charge in [-0.25, -0.2) is 4.79 Å². The standard InChI is InChI=1S/C17H32N2O3S/c1-11(15(10-20)23-5)18-12-8-13-6-7-14(9-12)19(13)16(21)22-17(2,3)4/h11-15,18,20H,6-10H2,1-5H3. The Balaban J connectivity index is 1.93. The van der Waals surface area contributed by atoms with Crippen LogP contribution in [0.15, 0.2) is 0 Å². The van der Waals surface area contributed by atoms with E-state index in [2.05, 4.69) is 12.2 Å². The van der Waals surface area contributed by atoms with Crippen molar-refractivity contribution in [1.29, 1.82) is 0 Å². The number of piperidine rings is 1. The van der Waals surface area contributed by atoms with Crippen molar-refractivity contribution in [2.45, 2.75) is 88.4 Å². The number of carbonyl (C=O) groups is 1. The van der Waals surface area contributed by atoms with Crippen LogP contribution in [0.4, 0.5) is 4.79 Å². The van der Waals surface area contributed by atoms with Crippen LogP contribution in [0.2, 0.25) is 0 Å². The van der Waals surface area contributed by atoms with Crippen LogP contribution in [0, 0.1) is 0 Å². The third-order valence-electron chi connectivity index (χ3n) is 4.88. The van der Waals surface area contributed by atoms with Gasteiger partial charge in [0.15, 0.2) is 0 Å². The third kappa shape index (κ3) is 4.77. The van der Waals surface area contributed by atoms with Gasteiger partial charge in [-0.05, 0) is 59.6 Å². The molecule has 0 aromatic heterocycles. The van der Waals surface area contributed by atoms with E-state index in [9.17, 15) is 9.90 Å². The highest BCUT2D eigenvalue weighted by molar-refractivity contribution is 7.99. The number of fused-ring (bicyclic) bond motifs is 2. The second-order valence-electron chi connectivity index (χ2n) is 7.85. The molecule has 0 saturated carbocycles. The Hall–Kier alpha value is -0.460. The number of hydrogen-bond acceptors (Lipinski definition) is 5. The number of nitrogens with one attached hydrogen (secondary N) is 1. The van der Waals surface area contributed by atoms with Gasteiger partial charge in [0, 0.05) is 29.4 Å². The van der Waals surface area contributed by atoms with E-state index in [1.165, 1.54) is 0 Å². The van der Waals surface area contributed by atoms with E-state index < -0.39 is 5.60 Å². The zero-order chi connectivity index (χ0) is 17.2. The molecular weight excluding hydrogens is 312 g/mol. The van der Waals surface area contributed by atoms with Gasteiger partial charge in [0.05, 0.1) is 6.61 Å². The van der Waals surface area contributed by atoms with Crippen LogP contribution >= 0.6 is 11.8 Å². The molecular formula is C17H32N2O3S. The highest BCUT2D eigenvalue weighted by Crippen LogP contribution is 2.37. The van der Waals surface area contributed by atoms with Crippen LogP contribution in [0.25, 0.3) is 0 Å². The number of ether oxygens (including phenoxy) is 1. The Bertz CT molecular complexity index is 395. The molecule has 2 fully saturated rings. The average Bonchev–Trinajstić information content (AvgIpc) is 2.70. The summed E-state index contributed by atoms with van der Waals surface area (Å²) in [6.45, 7) is 8.08. The maximum absolute atomic E-state index is 12.5. The molecule has 2 aliphatic heterocycles. The second kappa shape index (κ2) is 7.62. The van der Waals surface area contributed by atoms with Gasteiger partial charge < -0.3 is 20.1 Å². The fourth-order valence-electron chi connectivity index (χ4n) is 3.84. The second-order valence-corrected chi connectivity index (χ2v) is 8.93. The maximum Gasteiger partial charge on any atom is 0.410 e. The van der Waals surface area contributed by atoms with Crippen LogP contribution < -0.4 is 5.32 Å². The zero-order valence-electron chi connectivity index (χ0n) is 15.0. The molecule has 2 heterocycles. The number of aliphatic hydroxyl groups is 1. The van der Waals surface area contributed by atoms with Crippen molar-refractivity contribution in [2.24, 2.45) is 0 Å². The monoisotopic (exact) mass is 344 g/mol. The van der Waals surface area contributed by atoms with Gasteiger partial charge in [-0.2, -0.15) is 11.8 Å². The SMILES string of the molecule is CSC(CO)C(C)NC1CC2CCC(C1)N2C(=O)OC(C)(C)C. The smallest absolute Gasteiger partial charge is 0.410 e. The lowest BCUT2D eigenvalue weighted by Crippen LogP contribution is -2.55. The molecule has 2 rings (SSSR count). The summed E-state index contributed by atoms with van der Waals surface area (Å²) in [5, 5.41) is 13.3. The first-order valence-corrected chi connectivity index (χ1v) is 9.95. The van der Waals surface area contributed by atoms with Gasteiger partial charge in [-0.1, -0.05) is 0 Å². The Morgan fingerprint density at radius 3 is 2.35 bits per heavy atom. The van der Waals surface area contributed by atoms with E-state index in [-0.39, 0.29) is 36.1 Å². The van der Waals surface area contributed by atoms with E-state index in [0.717, 1.165) is 25.7 Å². The lowest BCUT2D eigenvalue weighted by Gasteiger charge is -2.41. The first kappa shape index (κ1) is 18.9. The minimum Gasteiger partial charge on any atom is -0.444 e. The molecule has 6 heteroatoms. The van der Waals surface area contributed by atoms with Crippen molar-refractivity contribution in [3.8, 4) is 0 Å². The molecule has 0 aromatic rings. The number of hydrogen-bond donors (Lipinski definition) is 2. The van der Waals surface area contributed by atoms with Gasteiger partial charge >= 0.3 is 6.09 Å². The maximum atomic E-state index is 12.5. The fraction of sp³-hybridized carbons (Fsp3) is 0.941. The summed E-state index contributed by atoms with van der Waals surface area (Å²) in [4.78, 5) is 14.4. The summed E-state index contributed by atoms with van der Waals surface area (Å²) >= 11 is 1.70. The number of amides is 1. The van der Waals surface area contributed by atoms with E-state index in [0.29, 0.717) is 6.04 Å². The summed E-state index contributed by atoms with van der Waals surface area (Å²) in [5.74, 6) is 0. The molecule has 0 aromatic carbocycles. The summed E-state index contributed by atoms with van der Waals surface area (Å²) in [6.07, 6.45) is 5.98. The molecule has 0 radical (unpaired) electrons. The molecule has 23 heavy (non-hydrogen) atoms. The van der Waals surface area contributed by atoms with Crippen molar-refractivity contribution >= 4 is 17.9 Å². The first-order valence-electron chi connectivity index (χ1n) is 8.66. The molecule has 2 aliphatic rings. The van der Waals surface area contributed by atoms with Crippen molar-refractivity contribution in [1.82, 2.24) is 10.2 Å². The van der Waals surface area contributed by atoms with E-state index in [1.807, 2.05) is 31.9 Å². The molecule has 0 spiro atoms. The minimum absolute atomic E-state index is 0.158. The third-order valence-corrected chi connectivity index (χ3v) is 6.04. The van der Waals surface area contributed by atoms with Crippen molar-refractivity contribution < 1.29 is 14.6 Å². The quantitative estimate of drug-likeness (QED) is 0.803. The van der Waals surface area contributed by atoms with Crippen LogP contribution in [0.3, 0.4) is 0 Å². The molecule has 4 unspecified atom stereocenters. The van der Waals surface area contributed by atoms with Gasteiger partial charge in [0.1, 0.15) is 5.60 Å². The summed E-state index contributed by atoms with van der Waals surface area (Å²) in [6, 6.07) is 1.26. The summed E-state index contributed by atoms with van der Waals surface area (Å²) in [7, 11) is 0. The predicted octanol–water partition coefficient (Wildman–Crippen LogP) is 2.62. The Kier molecular flexibility index (Phi) is 6.25. The minimum atomic E-state index is -0.438. The van der Waals surface area contributed by atoms with E-state index >= 15 is 0 Å². The Morgan fingerprint density at radius 1 is 1.35 bits per heavy atom. The molecule has 134 valence electrons. The Morgan fingerprint density at radius 2 is 1.91 bits per heavy atom. The summed E-state index contributed by atoms with van der Waals surface area (Å²) < 4.78 is 5.58. The number of aliphatic hydroxyl groups excluding tert-OH is 1. The molecule has 1 amide bonds. The molecule has 0 aliphatic carbocycles. The average molecular weight is 345 g/mol. The van der Waals surface area contributed by atoms with Crippen LogP contribution in [-0.4, -0.2) is 64.0 Å². The summed E-state index contributed by atoms with van der Waals surface area (Å²) in [5.41, 5.74) is -0.438. The first-order chi connectivity index (χ1) is 10.7. The molecule has 4 atom stereocenters. The number of thioether (sulfide) groups is 1. The highest BCUT2D eigenvalue weighted by atomic mass is 32.2. The van der Waals surface area contributed by atoms with Gasteiger partial charge in [0.25, 0.3) is 0 Å². The van der Waals surface area contributed by atoms with Crippen molar-refractivity contribution in [3.63, 3.8) is 0 Å². The lowest BCUT2D eigenvalue weighted by molar-refractivity contribution is 0.00432. The number of rotatable bonds is 5. The van der Waals surface area contributed by atoms with Gasteiger partial charge in [-0.3, -0.25) is 0 Å². The van der Waals surface area contributed by atoms with Gasteiger partial charge in [0.2, 0.25) is 0 Å². The topological polar surface area (TPSA) is 61.8 Å². The van der Waals surface area contributed by atoms with Crippen LogP contribution in [0.1, 0.15) is 53.4 Å². The number of carbonyl (C=O) groups excluding carboxylic acids is 1. The lowest BCUT2D eigenvalue weighted by atomic mass is 9.96. The highest BCUT2D eigenvalue weighted by Gasteiger charge is 2.45. The van der Waals surface area contributed by atoms with Crippen molar-refractivity contribution in [3.05, 3.63) is 0 Å². The molecule has 5 nitrogen and oxygen atoms in total. The van der Waals surface area contributed by atoms with Gasteiger partial charge in [-0.15, -0.1) is 0 Å². The zero-order valence-corrected chi connectivity index (χ0v) is 15.9. The largest absolute Gasteiger partial charge is 0.444 e. The predicted molar refractivity (Wildman–Crippen MR) is 94.9 cm³/mol. The van der Waals surface area contributed by atoms with Crippen molar-refractivity contribution in [2.75, 3.05) is 12.9 Å². The number of nitrogens with zero attached hydrogens (tertiary/aromatic N) is 1. The normalized spacial score (nSPS) is 30.2. The molecule has 2 bridgehead atoms. The molecule has 2 N–H and O–H groups in total.